The van der Waals surface area contributed by atoms with E-state index in [2.05, 4.69) is 53.2 Å². The van der Waals surface area contributed by atoms with Gasteiger partial charge in [-0.1, -0.05) is 31.1 Å². The molecule has 166 valence electrons. The van der Waals surface area contributed by atoms with Gasteiger partial charge in [0.25, 0.3) is 0 Å². The van der Waals surface area contributed by atoms with Crippen LogP contribution in [-0.4, -0.2) is 67.3 Å². The second-order valence-electron chi connectivity index (χ2n) is 8.04. The van der Waals surface area contributed by atoms with Gasteiger partial charge in [-0.15, -0.1) is 24.0 Å². The molecule has 1 aromatic heterocycles. The molecule has 0 unspecified atom stereocenters. The Morgan fingerprint density at radius 3 is 2.63 bits per heavy atom. The van der Waals surface area contributed by atoms with Crippen LogP contribution >= 0.6 is 24.0 Å². The zero-order chi connectivity index (χ0) is 20.7. The number of rotatable bonds is 7. The van der Waals surface area contributed by atoms with Gasteiger partial charge in [0.15, 0.2) is 5.96 Å². The average Bonchev–Trinajstić information content (AvgIpc) is 3.25. The van der Waals surface area contributed by atoms with Crippen LogP contribution in [0.2, 0.25) is 0 Å². The molecule has 8 heteroatoms. The van der Waals surface area contributed by atoms with Crippen molar-refractivity contribution in [2.75, 3.05) is 46.4 Å². The van der Waals surface area contributed by atoms with Crippen molar-refractivity contribution in [2.45, 2.75) is 32.7 Å². The molecule has 7 nitrogen and oxygen atoms in total. The second kappa shape index (κ2) is 11.5. The van der Waals surface area contributed by atoms with Crippen molar-refractivity contribution in [1.29, 1.82) is 0 Å². The topological polar surface area (TPSA) is 66.1 Å². The number of halogens is 1. The molecule has 0 aliphatic carbocycles. The van der Waals surface area contributed by atoms with Crippen molar-refractivity contribution in [3.05, 3.63) is 47.9 Å². The standard InChI is InChI=1S/C22H33N5O2.HI/c1-5-23-21(24-17-22(2,3)18-7-6-8-20(15-18)28-4)27-12-10-26(11-13-27)16-19-9-14-29-25-19;/h6-9,14-15H,5,10-13,16-17H2,1-4H3,(H,23,24);1H. The third-order valence-corrected chi connectivity index (χ3v) is 5.36. The first-order chi connectivity index (χ1) is 14.0. The summed E-state index contributed by atoms with van der Waals surface area (Å²) >= 11 is 0. The SMILES string of the molecule is CCNC(=NCC(C)(C)c1cccc(OC)c1)N1CCN(Cc2ccon2)CC1.I. The number of aliphatic imine (C=N–C) groups is 1. The van der Waals surface area contributed by atoms with Crippen LogP contribution < -0.4 is 10.1 Å². The Hall–Kier alpha value is -1.81. The third kappa shape index (κ3) is 6.60. The minimum atomic E-state index is -0.0794. The molecule has 0 spiro atoms. The summed E-state index contributed by atoms with van der Waals surface area (Å²) < 4.78 is 10.3. The van der Waals surface area contributed by atoms with Crippen molar-refractivity contribution in [3.8, 4) is 5.75 Å². The Labute approximate surface area is 196 Å². The molecule has 0 bridgehead atoms. The lowest BCUT2D eigenvalue weighted by Crippen LogP contribution is -2.52. The zero-order valence-electron chi connectivity index (χ0n) is 18.4. The molecule has 0 amide bonds. The van der Waals surface area contributed by atoms with E-state index in [1.165, 1.54) is 5.56 Å². The van der Waals surface area contributed by atoms with E-state index in [1.54, 1.807) is 13.4 Å². The van der Waals surface area contributed by atoms with Crippen LogP contribution in [0.4, 0.5) is 0 Å². The highest BCUT2D eigenvalue weighted by Gasteiger charge is 2.24. The minimum absolute atomic E-state index is 0. The number of hydrogen-bond donors (Lipinski definition) is 1. The maximum atomic E-state index is 5.39. The predicted octanol–water partition coefficient (Wildman–Crippen LogP) is 3.36. The second-order valence-corrected chi connectivity index (χ2v) is 8.04. The average molecular weight is 527 g/mol. The molecule has 2 aromatic rings. The number of nitrogens with zero attached hydrogens (tertiary/aromatic N) is 4. The summed E-state index contributed by atoms with van der Waals surface area (Å²) in [6.45, 7) is 12.8. The molecule has 1 aliphatic heterocycles. The summed E-state index contributed by atoms with van der Waals surface area (Å²) in [6.07, 6.45) is 1.63. The van der Waals surface area contributed by atoms with Gasteiger partial charge in [-0.2, -0.15) is 0 Å². The van der Waals surface area contributed by atoms with E-state index in [9.17, 15) is 0 Å². The van der Waals surface area contributed by atoms with Crippen molar-refractivity contribution >= 4 is 29.9 Å². The van der Waals surface area contributed by atoms with E-state index < -0.39 is 0 Å². The molecule has 1 N–H and O–H groups in total. The molecular weight excluding hydrogens is 493 g/mol. The van der Waals surface area contributed by atoms with E-state index in [4.69, 9.17) is 14.3 Å². The van der Waals surface area contributed by atoms with Crippen molar-refractivity contribution in [1.82, 2.24) is 20.3 Å². The van der Waals surface area contributed by atoms with Crippen LogP contribution in [0.25, 0.3) is 0 Å². The first-order valence-electron chi connectivity index (χ1n) is 10.3. The van der Waals surface area contributed by atoms with Gasteiger partial charge in [-0.05, 0) is 24.6 Å². The smallest absolute Gasteiger partial charge is 0.194 e. The van der Waals surface area contributed by atoms with Crippen molar-refractivity contribution < 1.29 is 9.26 Å². The Bertz CT molecular complexity index is 787. The summed E-state index contributed by atoms with van der Waals surface area (Å²) in [7, 11) is 1.70. The van der Waals surface area contributed by atoms with Gasteiger partial charge < -0.3 is 19.5 Å². The fourth-order valence-electron chi connectivity index (χ4n) is 3.50. The number of methoxy groups -OCH3 is 1. The molecule has 30 heavy (non-hydrogen) atoms. The van der Waals surface area contributed by atoms with Crippen LogP contribution in [0, 0.1) is 0 Å². The summed E-state index contributed by atoms with van der Waals surface area (Å²) in [5.74, 6) is 1.87. The number of piperazine rings is 1. The Balaban J connectivity index is 0.00000320. The quantitative estimate of drug-likeness (QED) is 0.339. The van der Waals surface area contributed by atoms with Crippen molar-refractivity contribution in [3.63, 3.8) is 0 Å². The number of aromatic nitrogens is 1. The minimum Gasteiger partial charge on any atom is -0.497 e. The molecular formula is C22H34IN5O2. The van der Waals surface area contributed by atoms with Gasteiger partial charge in [0, 0.05) is 50.7 Å². The van der Waals surface area contributed by atoms with Gasteiger partial charge in [0.1, 0.15) is 12.0 Å². The molecule has 1 fully saturated rings. The van der Waals surface area contributed by atoms with E-state index in [0.717, 1.165) is 56.7 Å². The molecule has 2 heterocycles. The predicted molar refractivity (Wildman–Crippen MR) is 131 cm³/mol. The van der Waals surface area contributed by atoms with Gasteiger partial charge in [-0.3, -0.25) is 9.89 Å². The lowest BCUT2D eigenvalue weighted by atomic mass is 9.84. The molecule has 3 rings (SSSR count). The lowest BCUT2D eigenvalue weighted by molar-refractivity contribution is 0.169. The van der Waals surface area contributed by atoms with Crippen LogP contribution in [0.15, 0.2) is 46.1 Å². The number of hydrogen-bond acceptors (Lipinski definition) is 5. The molecule has 1 aromatic carbocycles. The summed E-state index contributed by atoms with van der Waals surface area (Å²) in [5.41, 5.74) is 2.14. The number of ether oxygens (including phenoxy) is 1. The van der Waals surface area contributed by atoms with Crippen LogP contribution in [0.5, 0.6) is 5.75 Å². The molecule has 0 radical (unpaired) electrons. The van der Waals surface area contributed by atoms with Gasteiger partial charge in [-0.25, -0.2) is 0 Å². The van der Waals surface area contributed by atoms with Crippen LogP contribution in [0.3, 0.4) is 0 Å². The lowest BCUT2D eigenvalue weighted by Gasteiger charge is -2.36. The van der Waals surface area contributed by atoms with Gasteiger partial charge >= 0.3 is 0 Å². The van der Waals surface area contributed by atoms with Gasteiger partial charge in [0.05, 0.1) is 19.3 Å². The molecule has 1 saturated heterocycles. The highest BCUT2D eigenvalue weighted by molar-refractivity contribution is 14.0. The highest BCUT2D eigenvalue weighted by atomic mass is 127. The summed E-state index contributed by atoms with van der Waals surface area (Å²) in [4.78, 5) is 9.74. The maximum Gasteiger partial charge on any atom is 0.194 e. The van der Waals surface area contributed by atoms with E-state index >= 15 is 0 Å². The fraction of sp³-hybridized carbons (Fsp3) is 0.545. The summed E-state index contributed by atoms with van der Waals surface area (Å²) in [5, 5.41) is 7.48. The third-order valence-electron chi connectivity index (χ3n) is 5.36. The van der Waals surface area contributed by atoms with E-state index in [0.29, 0.717) is 6.54 Å². The largest absolute Gasteiger partial charge is 0.497 e. The monoisotopic (exact) mass is 527 g/mol. The summed E-state index contributed by atoms with van der Waals surface area (Å²) in [6, 6.07) is 10.2. The zero-order valence-corrected chi connectivity index (χ0v) is 20.8. The maximum absolute atomic E-state index is 5.39. The fourth-order valence-corrected chi connectivity index (χ4v) is 3.50. The Kier molecular flexibility index (Phi) is 9.41. The van der Waals surface area contributed by atoms with Crippen LogP contribution in [-0.2, 0) is 12.0 Å². The molecule has 1 aliphatic rings. The van der Waals surface area contributed by atoms with Gasteiger partial charge in [0.2, 0.25) is 0 Å². The first kappa shape index (κ1) is 24.5. The van der Waals surface area contributed by atoms with E-state index in [-0.39, 0.29) is 29.4 Å². The van der Waals surface area contributed by atoms with Crippen LogP contribution in [0.1, 0.15) is 32.0 Å². The first-order valence-corrected chi connectivity index (χ1v) is 10.3. The number of benzene rings is 1. The molecule has 0 saturated carbocycles. The normalized spacial score (nSPS) is 15.6. The Morgan fingerprint density at radius 2 is 2.00 bits per heavy atom. The molecule has 0 atom stereocenters. The Morgan fingerprint density at radius 1 is 1.23 bits per heavy atom. The highest BCUT2D eigenvalue weighted by Crippen LogP contribution is 2.26. The number of nitrogens with one attached hydrogen (secondary N) is 1. The van der Waals surface area contributed by atoms with Crippen molar-refractivity contribution in [2.24, 2.45) is 4.99 Å². The van der Waals surface area contributed by atoms with E-state index in [1.807, 2.05) is 18.2 Å². The number of guanidine groups is 1.